The smallest absolute Gasteiger partial charge is 0.264 e. The van der Waals surface area contributed by atoms with E-state index in [-0.39, 0.29) is 5.91 Å². The summed E-state index contributed by atoms with van der Waals surface area (Å²) in [4.78, 5) is 17.4. The van der Waals surface area contributed by atoms with E-state index in [1.54, 1.807) is 0 Å². The molecule has 3 aromatic rings. The first-order valence-electron chi connectivity index (χ1n) is 7.62. The standard InChI is InChI=1S/C20H14N2OS/c23-19-18(24-20(22-19)21-16-10-2-1-3-11-16)13-15-9-6-8-14-7-4-5-12-17(14)15/h1-13H,(H,21,22,23)/b18-13-. The Morgan fingerprint density at radius 3 is 2.50 bits per heavy atom. The molecule has 1 amide bonds. The van der Waals surface area contributed by atoms with Crippen LogP contribution in [0.25, 0.3) is 16.8 Å². The monoisotopic (exact) mass is 330 g/mol. The molecule has 1 fully saturated rings. The van der Waals surface area contributed by atoms with Crippen LogP contribution in [0.4, 0.5) is 5.69 Å². The number of hydrogen-bond acceptors (Lipinski definition) is 3. The van der Waals surface area contributed by atoms with Crippen LogP contribution in [0.1, 0.15) is 5.56 Å². The lowest BCUT2D eigenvalue weighted by Gasteiger charge is -2.02. The highest BCUT2D eigenvalue weighted by Gasteiger charge is 2.23. The average molecular weight is 330 g/mol. The van der Waals surface area contributed by atoms with E-state index >= 15 is 0 Å². The van der Waals surface area contributed by atoms with Crippen molar-refractivity contribution in [2.45, 2.75) is 0 Å². The molecule has 0 aromatic heterocycles. The Labute approximate surface area is 144 Å². The van der Waals surface area contributed by atoms with E-state index < -0.39 is 0 Å². The molecule has 0 spiro atoms. The zero-order valence-electron chi connectivity index (χ0n) is 12.8. The van der Waals surface area contributed by atoms with Crippen molar-refractivity contribution in [3.8, 4) is 0 Å². The summed E-state index contributed by atoms with van der Waals surface area (Å²) in [5, 5.41) is 5.73. The molecule has 1 aliphatic rings. The molecule has 4 heteroatoms. The molecular weight excluding hydrogens is 316 g/mol. The van der Waals surface area contributed by atoms with Crippen LogP contribution in [0, 0.1) is 0 Å². The molecule has 1 N–H and O–H groups in total. The first-order valence-corrected chi connectivity index (χ1v) is 8.44. The van der Waals surface area contributed by atoms with E-state index in [0.29, 0.717) is 10.1 Å². The number of hydrogen-bond donors (Lipinski definition) is 1. The fraction of sp³-hybridized carbons (Fsp3) is 0. The van der Waals surface area contributed by atoms with Crippen molar-refractivity contribution in [2.75, 3.05) is 0 Å². The highest BCUT2D eigenvalue weighted by molar-refractivity contribution is 8.18. The molecule has 0 aliphatic carbocycles. The summed E-state index contributed by atoms with van der Waals surface area (Å²) in [5.74, 6) is -0.109. The number of nitrogens with one attached hydrogen (secondary N) is 1. The summed E-state index contributed by atoms with van der Waals surface area (Å²) < 4.78 is 0. The quantitative estimate of drug-likeness (QED) is 0.690. The summed E-state index contributed by atoms with van der Waals surface area (Å²) in [7, 11) is 0. The van der Waals surface area contributed by atoms with E-state index in [1.165, 1.54) is 11.8 Å². The number of aliphatic imine (C=N–C) groups is 1. The molecule has 1 aliphatic heterocycles. The molecule has 4 rings (SSSR count). The van der Waals surface area contributed by atoms with Gasteiger partial charge in [0.05, 0.1) is 10.6 Å². The van der Waals surface area contributed by atoms with Crippen LogP contribution < -0.4 is 5.32 Å². The minimum absolute atomic E-state index is 0.109. The maximum atomic E-state index is 12.2. The lowest BCUT2D eigenvalue weighted by molar-refractivity contribution is -0.115. The number of nitrogens with zero attached hydrogens (tertiary/aromatic N) is 1. The SMILES string of the molecule is O=C1NC(=Nc2ccccc2)S/C1=C\c1cccc2ccccc12. The maximum Gasteiger partial charge on any atom is 0.264 e. The number of thioether (sulfide) groups is 1. The number of carbonyl (C=O) groups excluding carboxylic acids is 1. The number of rotatable bonds is 2. The van der Waals surface area contributed by atoms with Crippen molar-refractivity contribution < 1.29 is 4.79 Å². The Morgan fingerprint density at radius 2 is 1.62 bits per heavy atom. The number of amidine groups is 1. The van der Waals surface area contributed by atoms with Gasteiger partial charge in [-0.2, -0.15) is 0 Å². The number of amides is 1. The number of benzene rings is 3. The molecule has 1 heterocycles. The second-order valence-electron chi connectivity index (χ2n) is 5.39. The van der Waals surface area contributed by atoms with Crippen LogP contribution >= 0.6 is 11.8 Å². The summed E-state index contributed by atoms with van der Waals surface area (Å²) >= 11 is 1.37. The van der Waals surface area contributed by atoms with E-state index in [1.807, 2.05) is 60.7 Å². The number of carbonyl (C=O) groups is 1. The largest absolute Gasteiger partial charge is 0.300 e. The summed E-state index contributed by atoms with van der Waals surface area (Å²) in [6.07, 6.45) is 1.93. The Kier molecular flexibility index (Phi) is 3.89. The van der Waals surface area contributed by atoms with Gasteiger partial charge in [0.2, 0.25) is 0 Å². The highest BCUT2D eigenvalue weighted by Crippen LogP contribution is 2.30. The molecule has 0 bridgehead atoms. The Morgan fingerprint density at radius 1 is 0.875 bits per heavy atom. The molecule has 24 heavy (non-hydrogen) atoms. The van der Waals surface area contributed by atoms with E-state index in [9.17, 15) is 4.79 Å². The minimum atomic E-state index is -0.109. The van der Waals surface area contributed by atoms with Crippen LogP contribution in [0.3, 0.4) is 0 Å². The fourth-order valence-electron chi connectivity index (χ4n) is 2.62. The second kappa shape index (κ2) is 6.34. The van der Waals surface area contributed by atoms with E-state index in [0.717, 1.165) is 22.0 Å². The second-order valence-corrected chi connectivity index (χ2v) is 6.42. The lowest BCUT2D eigenvalue weighted by atomic mass is 10.0. The van der Waals surface area contributed by atoms with Crippen LogP contribution in [0.2, 0.25) is 0 Å². The topological polar surface area (TPSA) is 41.5 Å². The van der Waals surface area contributed by atoms with Crippen LogP contribution in [-0.4, -0.2) is 11.1 Å². The molecule has 3 aromatic carbocycles. The van der Waals surface area contributed by atoms with Crippen LogP contribution in [-0.2, 0) is 4.79 Å². The van der Waals surface area contributed by atoms with Crippen molar-refractivity contribution in [1.82, 2.24) is 5.32 Å². The van der Waals surface area contributed by atoms with Crippen LogP contribution in [0.5, 0.6) is 0 Å². The van der Waals surface area contributed by atoms with Crippen molar-refractivity contribution in [3.63, 3.8) is 0 Å². The molecule has 0 radical (unpaired) electrons. The zero-order valence-corrected chi connectivity index (χ0v) is 13.6. The molecule has 1 saturated heterocycles. The minimum Gasteiger partial charge on any atom is -0.300 e. The summed E-state index contributed by atoms with van der Waals surface area (Å²) in [5.41, 5.74) is 1.86. The molecule has 0 atom stereocenters. The fourth-order valence-corrected chi connectivity index (χ4v) is 3.45. The van der Waals surface area contributed by atoms with Gasteiger partial charge in [-0.3, -0.25) is 4.79 Å². The van der Waals surface area contributed by atoms with Crippen LogP contribution in [0.15, 0.2) is 82.7 Å². The van der Waals surface area contributed by atoms with Crippen molar-refractivity contribution >= 4 is 45.4 Å². The van der Waals surface area contributed by atoms with Gasteiger partial charge in [0.25, 0.3) is 5.91 Å². The molecular formula is C20H14N2OS. The highest BCUT2D eigenvalue weighted by atomic mass is 32.2. The molecule has 0 saturated carbocycles. The Balaban J connectivity index is 1.68. The lowest BCUT2D eigenvalue weighted by Crippen LogP contribution is -2.19. The Hall–Kier alpha value is -2.85. The van der Waals surface area contributed by atoms with Gasteiger partial charge in [-0.05, 0) is 46.3 Å². The third-order valence-corrected chi connectivity index (χ3v) is 4.66. The predicted molar refractivity (Wildman–Crippen MR) is 101 cm³/mol. The summed E-state index contributed by atoms with van der Waals surface area (Å²) in [6, 6.07) is 23.9. The third-order valence-electron chi connectivity index (χ3n) is 3.75. The van der Waals surface area contributed by atoms with Gasteiger partial charge in [-0.1, -0.05) is 60.7 Å². The van der Waals surface area contributed by atoms with Gasteiger partial charge in [0.15, 0.2) is 5.17 Å². The zero-order chi connectivity index (χ0) is 16.4. The first-order chi connectivity index (χ1) is 11.8. The summed E-state index contributed by atoms with van der Waals surface area (Å²) in [6.45, 7) is 0. The molecule has 0 unspecified atom stereocenters. The van der Waals surface area contributed by atoms with E-state index in [2.05, 4.69) is 28.5 Å². The van der Waals surface area contributed by atoms with Gasteiger partial charge in [-0.15, -0.1) is 0 Å². The number of fused-ring (bicyclic) bond motifs is 1. The normalized spacial score (nSPS) is 17.6. The van der Waals surface area contributed by atoms with Gasteiger partial charge in [-0.25, -0.2) is 4.99 Å². The van der Waals surface area contributed by atoms with Gasteiger partial charge >= 0.3 is 0 Å². The molecule has 116 valence electrons. The van der Waals surface area contributed by atoms with Crippen molar-refractivity contribution in [3.05, 3.63) is 83.3 Å². The number of para-hydroxylation sites is 1. The molecule has 3 nitrogen and oxygen atoms in total. The average Bonchev–Trinajstić information content (AvgIpc) is 2.95. The first kappa shape index (κ1) is 14.7. The Bertz CT molecular complexity index is 972. The van der Waals surface area contributed by atoms with Gasteiger partial charge in [0.1, 0.15) is 0 Å². The third kappa shape index (κ3) is 2.96. The predicted octanol–water partition coefficient (Wildman–Crippen LogP) is 4.73. The van der Waals surface area contributed by atoms with Crippen molar-refractivity contribution in [2.24, 2.45) is 4.99 Å². The van der Waals surface area contributed by atoms with Gasteiger partial charge < -0.3 is 5.32 Å². The van der Waals surface area contributed by atoms with Gasteiger partial charge in [0, 0.05) is 0 Å². The van der Waals surface area contributed by atoms with Crippen molar-refractivity contribution in [1.29, 1.82) is 0 Å². The van der Waals surface area contributed by atoms with E-state index in [4.69, 9.17) is 0 Å². The maximum absolute atomic E-state index is 12.2.